The van der Waals surface area contributed by atoms with Crippen LogP contribution in [0.3, 0.4) is 0 Å². The lowest BCUT2D eigenvalue weighted by molar-refractivity contribution is 0.324. The number of rotatable bonds is 4. The molecule has 0 N–H and O–H groups in total. The highest BCUT2D eigenvalue weighted by Gasteiger charge is 2.15. The number of hydrogen-bond acceptors (Lipinski definition) is 6. The highest BCUT2D eigenvalue weighted by molar-refractivity contribution is 5.66. The van der Waals surface area contributed by atoms with Gasteiger partial charge in [0.1, 0.15) is 6.07 Å². The van der Waals surface area contributed by atoms with Gasteiger partial charge < -0.3 is 14.2 Å². The van der Waals surface area contributed by atoms with Crippen molar-refractivity contribution < 1.29 is 14.2 Å². The smallest absolute Gasteiger partial charge is 0.203 e. The monoisotopic (exact) mass is 271 g/mol. The van der Waals surface area contributed by atoms with Gasteiger partial charge in [-0.15, -0.1) is 0 Å². The molecule has 0 saturated heterocycles. The molecule has 0 aliphatic rings. The summed E-state index contributed by atoms with van der Waals surface area (Å²) >= 11 is 0. The minimum Gasteiger partial charge on any atom is -0.493 e. The Balaban J connectivity index is 2.53. The van der Waals surface area contributed by atoms with E-state index in [1.807, 2.05) is 6.07 Å². The maximum atomic E-state index is 8.75. The van der Waals surface area contributed by atoms with Crippen LogP contribution >= 0.6 is 0 Å². The quantitative estimate of drug-likeness (QED) is 0.846. The topological polar surface area (TPSA) is 77.3 Å². The van der Waals surface area contributed by atoms with Crippen molar-refractivity contribution >= 4 is 0 Å². The lowest BCUT2D eigenvalue weighted by Gasteiger charge is -2.13. The van der Waals surface area contributed by atoms with Crippen molar-refractivity contribution in [3.05, 3.63) is 30.1 Å². The molecule has 0 amide bonds. The summed E-state index contributed by atoms with van der Waals surface area (Å²) in [5.41, 5.74) is 1.12. The molecule has 0 spiro atoms. The molecule has 0 saturated carbocycles. The fourth-order valence-corrected chi connectivity index (χ4v) is 1.75. The van der Waals surface area contributed by atoms with Gasteiger partial charge in [0, 0.05) is 18.0 Å². The molecule has 0 unspecified atom stereocenters. The van der Waals surface area contributed by atoms with Crippen LogP contribution in [0.15, 0.2) is 24.5 Å². The van der Waals surface area contributed by atoms with Gasteiger partial charge in [-0.25, -0.2) is 9.97 Å². The number of methoxy groups -OCH3 is 3. The van der Waals surface area contributed by atoms with Gasteiger partial charge in [0.05, 0.1) is 26.9 Å². The summed E-state index contributed by atoms with van der Waals surface area (Å²) in [5.74, 6) is 2.03. The van der Waals surface area contributed by atoms with Crippen molar-refractivity contribution in [2.75, 3.05) is 21.3 Å². The van der Waals surface area contributed by atoms with E-state index in [0.29, 0.717) is 34.2 Å². The first kappa shape index (κ1) is 13.6. The second-order valence-corrected chi connectivity index (χ2v) is 3.82. The maximum Gasteiger partial charge on any atom is 0.203 e. The Morgan fingerprint density at radius 2 is 1.50 bits per heavy atom. The van der Waals surface area contributed by atoms with E-state index in [2.05, 4.69) is 9.97 Å². The number of benzene rings is 1. The number of hydrogen-bond donors (Lipinski definition) is 0. The fraction of sp³-hybridized carbons (Fsp3) is 0.214. The predicted molar refractivity (Wildman–Crippen MR) is 71.8 cm³/mol. The molecule has 6 nitrogen and oxygen atoms in total. The first-order valence-electron chi connectivity index (χ1n) is 5.76. The van der Waals surface area contributed by atoms with Crippen molar-refractivity contribution in [3.63, 3.8) is 0 Å². The molecule has 1 aromatic carbocycles. The summed E-state index contributed by atoms with van der Waals surface area (Å²) in [6.45, 7) is 0. The fourth-order valence-electron chi connectivity index (χ4n) is 1.75. The molecule has 20 heavy (non-hydrogen) atoms. The normalized spacial score (nSPS) is 9.70. The molecule has 6 heteroatoms. The van der Waals surface area contributed by atoms with Gasteiger partial charge in [-0.1, -0.05) is 0 Å². The molecule has 0 aliphatic heterocycles. The summed E-state index contributed by atoms with van der Waals surface area (Å²) in [4.78, 5) is 8.28. The van der Waals surface area contributed by atoms with E-state index in [1.54, 1.807) is 26.4 Å². The van der Waals surface area contributed by atoms with E-state index >= 15 is 0 Å². The van der Waals surface area contributed by atoms with Crippen LogP contribution in [0, 0.1) is 11.3 Å². The van der Waals surface area contributed by atoms with Crippen LogP contribution < -0.4 is 14.2 Å². The van der Waals surface area contributed by atoms with Gasteiger partial charge in [0.2, 0.25) is 5.75 Å². The zero-order valence-corrected chi connectivity index (χ0v) is 11.4. The van der Waals surface area contributed by atoms with Gasteiger partial charge in [0.15, 0.2) is 17.3 Å². The predicted octanol–water partition coefficient (Wildman–Crippen LogP) is 2.04. The lowest BCUT2D eigenvalue weighted by atomic mass is 10.1. The zero-order chi connectivity index (χ0) is 14.5. The van der Waals surface area contributed by atoms with Crippen LogP contribution in [-0.2, 0) is 0 Å². The molecule has 1 aromatic heterocycles. The average molecular weight is 271 g/mol. The minimum absolute atomic E-state index is 0.404. The summed E-state index contributed by atoms with van der Waals surface area (Å²) in [6.07, 6.45) is 2.93. The molecule has 0 bridgehead atoms. The van der Waals surface area contributed by atoms with E-state index in [9.17, 15) is 0 Å². The third-order valence-corrected chi connectivity index (χ3v) is 2.70. The summed E-state index contributed by atoms with van der Waals surface area (Å²) in [5, 5.41) is 8.75. The molecular weight excluding hydrogens is 258 g/mol. The lowest BCUT2D eigenvalue weighted by Crippen LogP contribution is -1.97. The van der Waals surface area contributed by atoms with Crippen molar-refractivity contribution in [2.45, 2.75) is 0 Å². The maximum absolute atomic E-state index is 8.75. The second-order valence-electron chi connectivity index (χ2n) is 3.82. The first-order chi connectivity index (χ1) is 9.73. The first-order valence-corrected chi connectivity index (χ1v) is 5.76. The zero-order valence-electron chi connectivity index (χ0n) is 11.4. The van der Waals surface area contributed by atoms with E-state index in [1.165, 1.54) is 19.5 Å². The van der Waals surface area contributed by atoms with Crippen molar-refractivity contribution in [1.29, 1.82) is 5.26 Å². The Bertz CT molecular complexity index is 623. The molecule has 102 valence electrons. The third-order valence-electron chi connectivity index (χ3n) is 2.70. The largest absolute Gasteiger partial charge is 0.493 e. The number of nitrogens with zero attached hydrogens (tertiary/aromatic N) is 3. The van der Waals surface area contributed by atoms with E-state index in [-0.39, 0.29) is 0 Å². The Kier molecular flexibility index (Phi) is 4.01. The molecule has 0 fully saturated rings. The highest BCUT2D eigenvalue weighted by Crippen LogP contribution is 2.40. The summed E-state index contributed by atoms with van der Waals surface area (Å²) < 4.78 is 15.8. The van der Waals surface area contributed by atoms with E-state index in [4.69, 9.17) is 19.5 Å². The Morgan fingerprint density at radius 3 is 1.90 bits per heavy atom. The van der Waals surface area contributed by atoms with Gasteiger partial charge in [-0.2, -0.15) is 5.26 Å². The second kappa shape index (κ2) is 5.89. The van der Waals surface area contributed by atoms with Crippen LogP contribution in [0.5, 0.6) is 17.2 Å². The van der Waals surface area contributed by atoms with E-state index in [0.717, 1.165) is 0 Å². The van der Waals surface area contributed by atoms with Crippen LogP contribution in [0.2, 0.25) is 0 Å². The van der Waals surface area contributed by atoms with Gasteiger partial charge in [0.25, 0.3) is 0 Å². The molecule has 0 aliphatic carbocycles. The van der Waals surface area contributed by atoms with Gasteiger partial charge in [-0.3, -0.25) is 0 Å². The number of nitriles is 1. The van der Waals surface area contributed by atoms with E-state index < -0.39 is 0 Å². The van der Waals surface area contributed by atoms with Crippen LogP contribution in [0.1, 0.15) is 5.56 Å². The minimum atomic E-state index is 0.404. The Labute approximate surface area is 116 Å². The third kappa shape index (κ3) is 2.47. The summed E-state index contributed by atoms with van der Waals surface area (Å²) in [6, 6.07) is 5.48. The standard InChI is InChI=1S/C14H13N3O3/c1-18-11-4-10(5-12(19-2)13(11)20-3)14-16-7-9(6-15)8-17-14/h4-5,7-8H,1-3H3. The van der Waals surface area contributed by atoms with Crippen LogP contribution in [0.25, 0.3) is 11.4 Å². The molecule has 0 radical (unpaired) electrons. The van der Waals surface area contributed by atoms with Crippen molar-refractivity contribution in [3.8, 4) is 34.7 Å². The van der Waals surface area contributed by atoms with Crippen LogP contribution in [0.4, 0.5) is 0 Å². The molecular formula is C14H13N3O3. The van der Waals surface area contributed by atoms with Gasteiger partial charge in [-0.05, 0) is 12.1 Å². The molecule has 0 atom stereocenters. The number of ether oxygens (including phenoxy) is 3. The summed E-state index contributed by atoms with van der Waals surface area (Å²) in [7, 11) is 4.62. The molecule has 2 rings (SSSR count). The van der Waals surface area contributed by atoms with Crippen molar-refractivity contribution in [2.24, 2.45) is 0 Å². The molecule has 1 heterocycles. The van der Waals surface area contributed by atoms with Gasteiger partial charge >= 0.3 is 0 Å². The average Bonchev–Trinajstić information content (AvgIpc) is 2.53. The Hall–Kier alpha value is -2.81. The SMILES string of the molecule is COc1cc(-c2ncc(C#N)cn2)cc(OC)c1OC. The molecule has 2 aromatic rings. The van der Waals surface area contributed by atoms with Crippen LogP contribution in [-0.4, -0.2) is 31.3 Å². The highest BCUT2D eigenvalue weighted by atomic mass is 16.5. The number of aromatic nitrogens is 2. The Morgan fingerprint density at radius 1 is 0.950 bits per heavy atom. The van der Waals surface area contributed by atoms with Crippen molar-refractivity contribution in [1.82, 2.24) is 9.97 Å².